The predicted molar refractivity (Wildman–Crippen MR) is 162 cm³/mol. The summed E-state index contributed by atoms with van der Waals surface area (Å²) in [6, 6.07) is 12.6. The van der Waals surface area contributed by atoms with Gasteiger partial charge < -0.3 is 15.0 Å². The highest BCUT2D eigenvalue weighted by molar-refractivity contribution is 7.92. The minimum Gasteiger partial charge on any atom is -0.492 e. The molecule has 4 aromatic rings. The van der Waals surface area contributed by atoms with Gasteiger partial charge in [-0.3, -0.25) is 9.52 Å². The van der Waals surface area contributed by atoms with E-state index in [4.69, 9.17) is 4.74 Å². The van der Waals surface area contributed by atoms with E-state index in [9.17, 15) is 13.2 Å². The fraction of sp³-hybridized carbons (Fsp3) is 0.310. The molecule has 4 rings (SSSR count). The van der Waals surface area contributed by atoms with Crippen molar-refractivity contribution in [2.24, 2.45) is 0 Å². The number of sulfonamides is 1. The summed E-state index contributed by atoms with van der Waals surface area (Å²) in [6.07, 6.45) is 4.59. The number of carbonyl (C=O) groups excluding carboxylic acids is 1. The number of rotatable bonds is 8. The minimum atomic E-state index is -3.60. The van der Waals surface area contributed by atoms with E-state index in [1.165, 1.54) is 7.11 Å². The van der Waals surface area contributed by atoms with Crippen LogP contribution >= 0.6 is 0 Å². The van der Waals surface area contributed by atoms with Crippen molar-refractivity contribution in [1.82, 2.24) is 20.0 Å². The highest BCUT2D eigenvalue weighted by Gasteiger charge is 2.23. The van der Waals surface area contributed by atoms with Crippen molar-refractivity contribution in [2.45, 2.75) is 33.1 Å². The van der Waals surface area contributed by atoms with Gasteiger partial charge in [0, 0.05) is 31.4 Å². The van der Waals surface area contributed by atoms with Crippen molar-refractivity contribution >= 4 is 33.1 Å². The second-order valence-corrected chi connectivity index (χ2v) is 12.8. The Kier molecular flexibility index (Phi) is 8.07. The average molecular weight is 578 g/mol. The smallest absolute Gasteiger partial charge is 0.255 e. The van der Waals surface area contributed by atoms with Gasteiger partial charge in [-0.1, -0.05) is 32.1 Å². The first-order valence-electron chi connectivity index (χ1n) is 12.8. The van der Waals surface area contributed by atoms with Crippen LogP contribution in [-0.4, -0.2) is 61.8 Å². The molecular weight excluding hydrogens is 542 g/mol. The Morgan fingerprint density at radius 1 is 1.05 bits per heavy atom. The van der Waals surface area contributed by atoms with Crippen LogP contribution in [0.4, 0.5) is 17.2 Å². The van der Waals surface area contributed by atoms with Crippen molar-refractivity contribution in [3.63, 3.8) is 0 Å². The number of benzene rings is 2. The lowest BCUT2D eigenvalue weighted by Crippen LogP contribution is -2.18. The molecule has 12 heteroatoms. The number of methoxy groups -OCH3 is 1. The number of pyridine rings is 1. The molecule has 0 spiro atoms. The highest BCUT2D eigenvalue weighted by atomic mass is 32.2. The number of aromatic nitrogens is 4. The molecule has 1 amide bonds. The fourth-order valence-corrected chi connectivity index (χ4v) is 4.71. The molecule has 2 aromatic carbocycles. The second-order valence-electron chi connectivity index (χ2n) is 11.0. The Morgan fingerprint density at radius 3 is 2.34 bits per heavy atom. The Labute approximate surface area is 240 Å². The summed E-state index contributed by atoms with van der Waals surface area (Å²) in [7, 11) is 1.67. The number of hydrogen-bond donors (Lipinski definition) is 2. The lowest BCUT2D eigenvalue weighted by Gasteiger charge is -2.24. The molecule has 0 bridgehead atoms. The van der Waals surface area contributed by atoms with E-state index in [1.54, 1.807) is 41.3 Å². The number of nitrogens with one attached hydrogen (secondary N) is 2. The summed E-state index contributed by atoms with van der Waals surface area (Å²) < 4.78 is 33.8. The van der Waals surface area contributed by atoms with Gasteiger partial charge in [-0.15, -0.1) is 5.10 Å². The number of amides is 1. The van der Waals surface area contributed by atoms with Gasteiger partial charge in [0.15, 0.2) is 5.75 Å². The fourth-order valence-electron chi connectivity index (χ4n) is 4.16. The molecule has 0 aliphatic heterocycles. The van der Waals surface area contributed by atoms with Gasteiger partial charge in [-0.05, 0) is 59.9 Å². The minimum absolute atomic E-state index is 0.207. The third-order valence-electron chi connectivity index (χ3n) is 6.42. The van der Waals surface area contributed by atoms with Gasteiger partial charge in [0.05, 0.1) is 36.6 Å². The van der Waals surface area contributed by atoms with E-state index in [0.717, 1.165) is 28.8 Å². The van der Waals surface area contributed by atoms with Crippen molar-refractivity contribution in [3.8, 4) is 22.7 Å². The standard InChI is InChI=1S/C29H35N7O4S/c1-18-9-10-19(13-25(18)36-17-24(32-34-36)20-11-12-26(30-16-20)35(5)6)28(37)31-22-14-21(29(2,3)4)15-23(27(22)40-7)33-41(8,38)39/h9-17,33H,1-8H3,(H,31,37). The van der Waals surface area contributed by atoms with Crippen molar-refractivity contribution in [1.29, 1.82) is 0 Å². The predicted octanol–water partition coefficient (Wildman–Crippen LogP) is 4.63. The SMILES string of the molecule is COc1c(NC(=O)c2ccc(C)c(-n3cc(-c4ccc(N(C)C)nc4)nn3)c2)cc(C(C)(C)C)cc1NS(C)(=O)=O. The van der Waals surface area contributed by atoms with Gasteiger partial charge >= 0.3 is 0 Å². The molecule has 0 atom stereocenters. The quantitative estimate of drug-likeness (QED) is 0.310. The molecule has 0 aliphatic carbocycles. The van der Waals surface area contributed by atoms with E-state index < -0.39 is 15.9 Å². The number of aryl methyl sites for hydroxylation is 1. The molecule has 11 nitrogen and oxygen atoms in total. The Morgan fingerprint density at radius 2 is 1.76 bits per heavy atom. The maximum absolute atomic E-state index is 13.5. The van der Waals surface area contributed by atoms with Crippen LogP contribution in [0.15, 0.2) is 54.9 Å². The first-order valence-corrected chi connectivity index (χ1v) is 14.7. The van der Waals surface area contributed by atoms with Crippen molar-refractivity contribution < 1.29 is 17.9 Å². The summed E-state index contributed by atoms with van der Waals surface area (Å²) in [4.78, 5) is 19.8. The van der Waals surface area contributed by atoms with Crippen LogP contribution in [0.25, 0.3) is 16.9 Å². The summed E-state index contributed by atoms with van der Waals surface area (Å²) in [6.45, 7) is 7.91. The average Bonchev–Trinajstić information content (AvgIpc) is 3.37. The van der Waals surface area contributed by atoms with Crippen LogP contribution in [0.3, 0.4) is 0 Å². The van der Waals surface area contributed by atoms with Crippen LogP contribution in [-0.2, 0) is 15.4 Å². The van der Waals surface area contributed by atoms with Crippen LogP contribution < -0.4 is 19.7 Å². The topological polar surface area (TPSA) is 131 Å². The second kappa shape index (κ2) is 11.2. The Balaban J connectivity index is 1.67. The van der Waals surface area contributed by atoms with Crippen LogP contribution in [0, 0.1) is 6.92 Å². The Hall–Kier alpha value is -4.45. The molecule has 0 aliphatic rings. The molecule has 2 N–H and O–H groups in total. The third-order valence-corrected chi connectivity index (χ3v) is 7.01. The summed E-state index contributed by atoms with van der Waals surface area (Å²) in [5, 5.41) is 11.5. The maximum atomic E-state index is 13.5. The third kappa shape index (κ3) is 6.83. The molecule has 0 saturated carbocycles. The van der Waals surface area contributed by atoms with Crippen molar-refractivity contribution in [2.75, 3.05) is 42.4 Å². The monoisotopic (exact) mass is 577 g/mol. The van der Waals surface area contributed by atoms with Crippen LogP contribution in [0.2, 0.25) is 0 Å². The molecule has 0 unspecified atom stereocenters. The lowest BCUT2D eigenvalue weighted by atomic mass is 9.86. The molecule has 41 heavy (non-hydrogen) atoms. The zero-order valence-corrected chi connectivity index (χ0v) is 25.3. The zero-order valence-electron chi connectivity index (χ0n) is 24.5. The highest BCUT2D eigenvalue weighted by Crippen LogP contribution is 2.39. The van der Waals surface area contributed by atoms with Crippen LogP contribution in [0.1, 0.15) is 42.3 Å². The maximum Gasteiger partial charge on any atom is 0.255 e. The van der Waals surface area contributed by atoms with E-state index in [0.29, 0.717) is 22.6 Å². The lowest BCUT2D eigenvalue weighted by molar-refractivity contribution is 0.102. The van der Waals surface area contributed by atoms with E-state index in [1.807, 2.05) is 64.9 Å². The number of nitrogens with zero attached hydrogens (tertiary/aromatic N) is 5. The van der Waals surface area contributed by atoms with Crippen LogP contribution in [0.5, 0.6) is 5.75 Å². The number of ether oxygens (including phenoxy) is 1. The Bertz CT molecular complexity index is 1690. The molecule has 2 aromatic heterocycles. The molecule has 0 saturated heterocycles. The zero-order chi connectivity index (χ0) is 30.1. The molecule has 0 fully saturated rings. The molecular formula is C29H35N7O4S. The van der Waals surface area contributed by atoms with E-state index in [-0.39, 0.29) is 16.9 Å². The summed E-state index contributed by atoms with van der Waals surface area (Å²) in [5.74, 6) is 0.642. The first kappa shape index (κ1) is 29.5. The largest absolute Gasteiger partial charge is 0.492 e. The van der Waals surface area contributed by atoms with E-state index in [2.05, 4.69) is 25.3 Å². The van der Waals surface area contributed by atoms with E-state index >= 15 is 0 Å². The van der Waals surface area contributed by atoms with Gasteiger partial charge in [-0.25, -0.2) is 18.1 Å². The van der Waals surface area contributed by atoms with Gasteiger partial charge in [0.2, 0.25) is 10.0 Å². The summed E-state index contributed by atoms with van der Waals surface area (Å²) in [5.41, 5.74) is 4.48. The van der Waals surface area contributed by atoms with Gasteiger partial charge in [0.1, 0.15) is 11.5 Å². The molecule has 216 valence electrons. The first-order chi connectivity index (χ1) is 19.2. The molecule has 2 heterocycles. The van der Waals surface area contributed by atoms with Gasteiger partial charge in [0.25, 0.3) is 5.91 Å². The number of carbonyl (C=O) groups is 1. The summed E-state index contributed by atoms with van der Waals surface area (Å²) >= 11 is 0. The molecule has 0 radical (unpaired) electrons. The number of hydrogen-bond acceptors (Lipinski definition) is 8. The van der Waals surface area contributed by atoms with Crippen molar-refractivity contribution in [3.05, 3.63) is 71.5 Å². The van der Waals surface area contributed by atoms with Gasteiger partial charge in [-0.2, -0.15) is 0 Å². The normalized spacial score (nSPS) is 11.7. The number of anilines is 3.